The van der Waals surface area contributed by atoms with E-state index in [2.05, 4.69) is 10.2 Å². The molecule has 0 amide bonds. The molecule has 0 fully saturated rings. The molecule has 1 aromatic heterocycles. The molecule has 0 saturated heterocycles. The molecule has 1 heterocycles. The molecule has 5 heteroatoms. The minimum absolute atomic E-state index is 0.138. The van der Waals surface area contributed by atoms with E-state index >= 15 is 0 Å². The summed E-state index contributed by atoms with van der Waals surface area (Å²) in [4.78, 5) is 2.04. The van der Waals surface area contributed by atoms with Gasteiger partial charge in [-0.2, -0.15) is 0 Å². The first-order chi connectivity index (χ1) is 5.18. The summed E-state index contributed by atoms with van der Waals surface area (Å²) in [5, 5.41) is 7.26. The average Bonchev–Trinajstić information content (AvgIpc) is 2.31. The highest BCUT2D eigenvalue weighted by molar-refractivity contribution is 5.04. The Kier molecular flexibility index (Phi) is 2.43. The van der Waals surface area contributed by atoms with Crippen molar-refractivity contribution in [3.8, 4) is 0 Å². The lowest BCUT2D eigenvalue weighted by Gasteiger charge is -2.05. The van der Waals surface area contributed by atoms with Gasteiger partial charge >= 0.3 is 6.01 Å². The van der Waals surface area contributed by atoms with Crippen LogP contribution in [0.1, 0.15) is 5.89 Å². The van der Waals surface area contributed by atoms with Crippen LogP contribution < -0.4 is 5.73 Å². The first-order valence-electron chi connectivity index (χ1n) is 3.41. The van der Waals surface area contributed by atoms with Crippen molar-refractivity contribution in [1.82, 2.24) is 15.1 Å². The van der Waals surface area contributed by atoms with Gasteiger partial charge in [0.25, 0.3) is 0 Å². The quantitative estimate of drug-likeness (QED) is 0.654. The zero-order chi connectivity index (χ0) is 8.27. The molecule has 11 heavy (non-hydrogen) atoms. The van der Waals surface area contributed by atoms with Crippen molar-refractivity contribution in [3.05, 3.63) is 5.89 Å². The highest BCUT2D eigenvalue weighted by Crippen LogP contribution is 2.00. The maximum atomic E-state index is 5.23. The molecule has 1 rings (SSSR count). The van der Waals surface area contributed by atoms with Crippen LogP contribution in [-0.4, -0.2) is 35.7 Å². The number of anilines is 1. The SMILES string of the molecule is CN(C)CCc1nnc(N)o1. The van der Waals surface area contributed by atoms with Crippen molar-refractivity contribution in [2.75, 3.05) is 26.4 Å². The highest BCUT2D eigenvalue weighted by Gasteiger charge is 2.01. The minimum atomic E-state index is 0.138. The van der Waals surface area contributed by atoms with Gasteiger partial charge in [0.15, 0.2) is 0 Å². The summed E-state index contributed by atoms with van der Waals surface area (Å²) in [5.74, 6) is 0.594. The molecule has 0 saturated carbocycles. The number of likely N-dealkylation sites (N-methyl/N-ethyl adjacent to an activating group) is 1. The first-order valence-corrected chi connectivity index (χ1v) is 3.41. The van der Waals surface area contributed by atoms with E-state index < -0.39 is 0 Å². The molecule has 0 bridgehead atoms. The van der Waals surface area contributed by atoms with Gasteiger partial charge in [0.1, 0.15) is 0 Å². The number of hydrogen-bond acceptors (Lipinski definition) is 5. The molecule has 1 aromatic rings. The third-order valence-corrected chi connectivity index (χ3v) is 1.26. The summed E-state index contributed by atoms with van der Waals surface area (Å²) in [6, 6.07) is 0.138. The van der Waals surface area contributed by atoms with E-state index in [-0.39, 0.29) is 6.01 Å². The molecule has 5 nitrogen and oxygen atoms in total. The van der Waals surface area contributed by atoms with Crippen molar-refractivity contribution >= 4 is 6.01 Å². The van der Waals surface area contributed by atoms with Crippen LogP contribution in [0, 0.1) is 0 Å². The standard InChI is InChI=1S/C6H12N4O/c1-10(2)4-3-5-8-9-6(7)11-5/h3-4H2,1-2H3,(H2,7,9). The molecule has 0 aliphatic carbocycles. The molecule has 0 aromatic carbocycles. The number of rotatable bonds is 3. The number of aromatic nitrogens is 2. The van der Waals surface area contributed by atoms with E-state index in [1.807, 2.05) is 19.0 Å². The van der Waals surface area contributed by atoms with Crippen LogP contribution >= 0.6 is 0 Å². The Morgan fingerprint density at radius 1 is 1.45 bits per heavy atom. The third kappa shape index (κ3) is 2.55. The van der Waals surface area contributed by atoms with E-state index in [1.165, 1.54) is 0 Å². The van der Waals surface area contributed by atoms with Crippen molar-refractivity contribution in [2.24, 2.45) is 0 Å². The maximum Gasteiger partial charge on any atom is 0.312 e. The molecule has 2 N–H and O–H groups in total. The molecule has 0 aliphatic heterocycles. The second-order valence-electron chi connectivity index (χ2n) is 2.59. The fourth-order valence-electron chi connectivity index (χ4n) is 0.687. The maximum absolute atomic E-state index is 5.23. The third-order valence-electron chi connectivity index (χ3n) is 1.26. The smallest absolute Gasteiger partial charge is 0.312 e. The van der Waals surface area contributed by atoms with E-state index in [0.29, 0.717) is 5.89 Å². The normalized spacial score (nSPS) is 10.8. The second-order valence-corrected chi connectivity index (χ2v) is 2.59. The summed E-state index contributed by atoms with van der Waals surface area (Å²) >= 11 is 0. The zero-order valence-corrected chi connectivity index (χ0v) is 6.74. The largest absolute Gasteiger partial charge is 0.408 e. The highest BCUT2D eigenvalue weighted by atomic mass is 16.4. The summed E-state index contributed by atoms with van der Waals surface area (Å²) in [5.41, 5.74) is 5.23. The van der Waals surface area contributed by atoms with Gasteiger partial charge < -0.3 is 15.1 Å². The molecular weight excluding hydrogens is 144 g/mol. The van der Waals surface area contributed by atoms with Crippen LogP contribution in [0.5, 0.6) is 0 Å². The molecule has 0 unspecified atom stereocenters. The van der Waals surface area contributed by atoms with Crippen LogP contribution in [0.25, 0.3) is 0 Å². The van der Waals surface area contributed by atoms with E-state index in [4.69, 9.17) is 10.2 Å². The number of hydrogen-bond donors (Lipinski definition) is 1. The topological polar surface area (TPSA) is 68.2 Å². The summed E-state index contributed by atoms with van der Waals surface area (Å²) < 4.78 is 4.96. The van der Waals surface area contributed by atoms with Crippen molar-refractivity contribution in [2.45, 2.75) is 6.42 Å². The molecule has 0 spiro atoms. The van der Waals surface area contributed by atoms with E-state index in [0.717, 1.165) is 13.0 Å². The van der Waals surface area contributed by atoms with Crippen LogP contribution in [0.4, 0.5) is 6.01 Å². The fraction of sp³-hybridized carbons (Fsp3) is 0.667. The van der Waals surface area contributed by atoms with Crippen molar-refractivity contribution in [1.29, 1.82) is 0 Å². The lowest BCUT2D eigenvalue weighted by atomic mass is 10.4. The Balaban J connectivity index is 2.39. The van der Waals surface area contributed by atoms with E-state index in [1.54, 1.807) is 0 Å². The van der Waals surface area contributed by atoms with Gasteiger partial charge in [-0.25, -0.2) is 0 Å². The predicted molar refractivity (Wildman–Crippen MR) is 41.0 cm³/mol. The molecular formula is C6H12N4O. The van der Waals surface area contributed by atoms with Crippen LogP contribution in [-0.2, 0) is 6.42 Å². The summed E-state index contributed by atoms with van der Waals surface area (Å²) in [7, 11) is 3.97. The monoisotopic (exact) mass is 156 g/mol. The molecule has 0 atom stereocenters. The van der Waals surface area contributed by atoms with Gasteiger partial charge in [-0.05, 0) is 14.1 Å². The number of nitrogens with zero attached hydrogens (tertiary/aromatic N) is 3. The summed E-state index contributed by atoms with van der Waals surface area (Å²) in [6.45, 7) is 0.891. The van der Waals surface area contributed by atoms with Crippen LogP contribution in [0.3, 0.4) is 0 Å². The van der Waals surface area contributed by atoms with Gasteiger partial charge in [-0.3, -0.25) is 0 Å². The van der Waals surface area contributed by atoms with Gasteiger partial charge in [-0.1, -0.05) is 5.10 Å². The molecule has 0 radical (unpaired) electrons. The van der Waals surface area contributed by atoms with Crippen LogP contribution in [0.15, 0.2) is 4.42 Å². The van der Waals surface area contributed by atoms with Crippen molar-refractivity contribution in [3.63, 3.8) is 0 Å². The molecule has 0 aliphatic rings. The zero-order valence-electron chi connectivity index (χ0n) is 6.74. The number of nitrogens with two attached hydrogens (primary N) is 1. The van der Waals surface area contributed by atoms with E-state index in [9.17, 15) is 0 Å². The average molecular weight is 156 g/mol. The van der Waals surface area contributed by atoms with Gasteiger partial charge in [0, 0.05) is 13.0 Å². The minimum Gasteiger partial charge on any atom is -0.408 e. The van der Waals surface area contributed by atoms with Gasteiger partial charge in [0.05, 0.1) is 0 Å². The lowest BCUT2D eigenvalue weighted by molar-refractivity contribution is 0.387. The first kappa shape index (κ1) is 8.00. The Morgan fingerprint density at radius 3 is 2.64 bits per heavy atom. The van der Waals surface area contributed by atoms with Crippen LogP contribution in [0.2, 0.25) is 0 Å². The predicted octanol–water partition coefficient (Wildman–Crippen LogP) is -0.244. The Bertz CT molecular complexity index is 220. The molecule has 62 valence electrons. The fourth-order valence-corrected chi connectivity index (χ4v) is 0.687. The lowest BCUT2D eigenvalue weighted by Crippen LogP contribution is -2.15. The number of nitrogen functional groups attached to an aromatic ring is 1. The Labute approximate surface area is 65.2 Å². The van der Waals surface area contributed by atoms with Gasteiger partial charge in [0.2, 0.25) is 5.89 Å². The van der Waals surface area contributed by atoms with Crippen molar-refractivity contribution < 1.29 is 4.42 Å². The summed E-state index contributed by atoms with van der Waals surface area (Å²) in [6.07, 6.45) is 0.747. The second kappa shape index (κ2) is 3.34. The Hall–Kier alpha value is -1.10. The Morgan fingerprint density at radius 2 is 2.18 bits per heavy atom. The van der Waals surface area contributed by atoms with Gasteiger partial charge in [-0.15, -0.1) is 5.10 Å².